The quantitative estimate of drug-likeness (QED) is 0.923. The van der Waals surface area contributed by atoms with Crippen molar-refractivity contribution in [2.24, 2.45) is 5.73 Å². The van der Waals surface area contributed by atoms with Crippen molar-refractivity contribution in [2.45, 2.75) is 18.9 Å². The fourth-order valence-corrected chi connectivity index (χ4v) is 3.72. The topological polar surface area (TPSA) is 49.6 Å². The molecule has 2 aliphatic heterocycles. The number of carbonyl (C=O) groups is 1. The highest BCUT2D eigenvalue weighted by molar-refractivity contribution is 5.98. The van der Waals surface area contributed by atoms with Crippen molar-refractivity contribution >= 4 is 17.3 Å². The highest BCUT2D eigenvalue weighted by Gasteiger charge is 2.28. The summed E-state index contributed by atoms with van der Waals surface area (Å²) in [6.45, 7) is 1.90. The standard InChI is InChI=1S/C19H21N3O/c20-16-11-15-6-2-3-7-17(15)21(12-16)13-19(23)22-10-9-14-5-1-4-8-18(14)22/h1-8,16H,9-13,20H2. The number of carbonyl (C=O) groups excluding carboxylic acids is 1. The average molecular weight is 307 g/mol. The molecule has 118 valence electrons. The van der Waals surface area contributed by atoms with Gasteiger partial charge in [0.25, 0.3) is 0 Å². The summed E-state index contributed by atoms with van der Waals surface area (Å²) in [6.07, 6.45) is 1.82. The van der Waals surface area contributed by atoms with E-state index in [2.05, 4.69) is 23.1 Å². The van der Waals surface area contributed by atoms with Crippen molar-refractivity contribution in [3.05, 3.63) is 59.7 Å². The first-order valence-corrected chi connectivity index (χ1v) is 8.19. The SMILES string of the molecule is NC1Cc2ccccc2N(CC(=O)N2CCc3ccccc32)C1. The maximum absolute atomic E-state index is 12.8. The lowest BCUT2D eigenvalue weighted by molar-refractivity contribution is -0.117. The van der Waals surface area contributed by atoms with Crippen LogP contribution in [0.5, 0.6) is 0 Å². The van der Waals surface area contributed by atoms with E-state index in [0.717, 1.165) is 37.3 Å². The Bertz CT molecular complexity index is 743. The van der Waals surface area contributed by atoms with Gasteiger partial charge < -0.3 is 15.5 Å². The summed E-state index contributed by atoms with van der Waals surface area (Å²) in [6, 6.07) is 16.5. The largest absolute Gasteiger partial charge is 0.360 e. The molecule has 0 fully saturated rings. The minimum absolute atomic E-state index is 0.0866. The highest BCUT2D eigenvalue weighted by atomic mass is 16.2. The van der Waals surface area contributed by atoms with Crippen molar-refractivity contribution < 1.29 is 4.79 Å². The maximum atomic E-state index is 12.8. The first kappa shape index (κ1) is 14.3. The fourth-order valence-electron chi connectivity index (χ4n) is 3.72. The van der Waals surface area contributed by atoms with Gasteiger partial charge in [0.05, 0.1) is 6.54 Å². The molecule has 2 aliphatic rings. The molecule has 0 bridgehead atoms. The molecular formula is C19H21N3O. The summed E-state index contributed by atoms with van der Waals surface area (Å²) in [5, 5.41) is 0. The van der Waals surface area contributed by atoms with Gasteiger partial charge in [0.15, 0.2) is 0 Å². The number of anilines is 2. The summed E-state index contributed by atoms with van der Waals surface area (Å²) in [7, 11) is 0. The van der Waals surface area contributed by atoms with Crippen LogP contribution >= 0.6 is 0 Å². The van der Waals surface area contributed by atoms with E-state index in [9.17, 15) is 4.79 Å². The lowest BCUT2D eigenvalue weighted by atomic mass is 9.98. The number of para-hydroxylation sites is 2. The van der Waals surface area contributed by atoms with Crippen LogP contribution in [0.1, 0.15) is 11.1 Å². The van der Waals surface area contributed by atoms with Crippen molar-refractivity contribution in [1.82, 2.24) is 0 Å². The highest BCUT2D eigenvalue weighted by Crippen LogP contribution is 2.29. The van der Waals surface area contributed by atoms with Gasteiger partial charge in [-0.3, -0.25) is 4.79 Å². The van der Waals surface area contributed by atoms with Crippen LogP contribution in [0, 0.1) is 0 Å². The Labute approximate surface area is 136 Å². The zero-order valence-electron chi connectivity index (χ0n) is 13.1. The predicted molar refractivity (Wildman–Crippen MR) is 92.8 cm³/mol. The molecule has 0 saturated carbocycles. The van der Waals surface area contributed by atoms with Crippen LogP contribution in [0.25, 0.3) is 0 Å². The van der Waals surface area contributed by atoms with Crippen LogP contribution in [-0.2, 0) is 17.6 Å². The van der Waals surface area contributed by atoms with Gasteiger partial charge in [-0.2, -0.15) is 0 Å². The van der Waals surface area contributed by atoms with E-state index in [-0.39, 0.29) is 11.9 Å². The minimum atomic E-state index is 0.0866. The third-order valence-corrected chi connectivity index (χ3v) is 4.78. The Morgan fingerprint density at radius 2 is 1.74 bits per heavy atom. The molecule has 0 aliphatic carbocycles. The smallest absolute Gasteiger partial charge is 0.246 e. The van der Waals surface area contributed by atoms with Crippen LogP contribution < -0.4 is 15.5 Å². The molecule has 0 saturated heterocycles. The van der Waals surface area contributed by atoms with Gasteiger partial charge in [0, 0.05) is 30.5 Å². The van der Waals surface area contributed by atoms with E-state index in [1.54, 1.807) is 0 Å². The van der Waals surface area contributed by atoms with Crippen molar-refractivity contribution in [3.8, 4) is 0 Å². The number of nitrogens with two attached hydrogens (primary N) is 1. The number of benzene rings is 2. The molecule has 0 spiro atoms. The molecule has 2 N–H and O–H groups in total. The average Bonchev–Trinajstić information content (AvgIpc) is 2.99. The molecule has 1 atom stereocenters. The number of hydrogen-bond donors (Lipinski definition) is 1. The second kappa shape index (κ2) is 5.70. The van der Waals surface area contributed by atoms with Gasteiger partial charge in [0.1, 0.15) is 0 Å². The molecule has 4 rings (SSSR count). The van der Waals surface area contributed by atoms with Crippen molar-refractivity contribution in [2.75, 3.05) is 29.4 Å². The summed E-state index contributed by atoms with van der Waals surface area (Å²) >= 11 is 0. The van der Waals surface area contributed by atoms with Gasteiger partial charge in [0.2, 0.25) is 5.91 Å². The summed E-state index contributed by atoms with van der Waals surface area (Å²) in [5.74, 6) is 0.152. The lowest BCUT2D eigenvalue weighted by Gasteiger charge is -2.35. The molecule has 4 heteroatoms. The zero-order valence-corrected chi connectivity index (χ0v) is 13.1. The van der Waals surface area contributed by atoms with Gasteiger partial charge in [-0.05, 0) is 36.1 Å². The van der Waals surface area contributed by atoms with E-state index in [0.29, 0.717) is 6.54 Å². The number of hydrogen-bond acceptors (Lipinski definition) is 3. The van der Waals surface area contributed by atoms with Crippen LogP contribution in [-0.4, -0.2) is 31.6 Å². The molecule has 0 aromatic heterocycles. The predicted octanol–water partition coefficient (Wildman–Crippen LogP) is 1.97. The number of rotatable bonds is 2. The van der Waals surface area contributed by atoms with Crippen molar-refractivity contribution in [3.63, 3.8) is 0 Å². The molecular weight excluding hydrogens is 286 g/mol. The van der Waals surface area contributed by atoms with Gasteiger partial charge in [-0.15, -0.1) is 0 Å². The van der Waals surface area contributed by atoms with Crippen molar-refractivity contribution in [1.29, 1.82) is 0 Å². The third-order valence-electron chi connectivity index (χ3n) is 4.78. The van der Waals surface area contributed by atoms with E-state index < -0.39 is 0 Å². The molecule has 1 amide bonds. The van der Waals surface area contributed by atoms with Gasteiger partial charge in [-0.25, -0.2) is 0 Å². The Hall–Kier alpha value is -2.33. The first-order chi connectivity index (χ1) is 11.2. The van der Waals surface area contributed by atoms with Gasteiger partial charge in [-0.1, -0.05) is 36.4 Å². The summed E-state index contributed by atoms with van der Waals surface area (Å²) < 4.78 is 0. The Morgan fingerprint density at radius 1 is 1.04 bits per heavy atom. The van der Waals surface area contributed by atoms with Crippen LogP contribution in [0.4, 0.5) is 11.4 Å². The second-order valence-electron chi connectivity index (χ2n) is 6.40. The monoisotopic (exact) mass is 307 g/mol. The number of amides is 1. The van der Waals surface area contributed by atoms with E-state index in [4.69, 9.17) is 5.73 Å². The fraction of sp³-hybridized carbons (Fsp3) is 0.316. The van der Waals surface area contributed by atoms with Gasteiger partial charge >= 0.3 is 0 Å². The number of fused-ring (bicyclic) bond motifs is 2. The van der Waals surface area contributed by atoms with Crippen LogP contribution in [0.3, 0.4) is 0 Å². The molecule has 2 aromatic carbocycles. The lowest BCUT2D eigenvalue weighted by Crippen LogP contribution is -2.48. The molecule has 2 heterocycles. The normalized spacial score (nSPS) is 19.4. The first-order valence-electron chi connectivity index (χ1n) is 8.19. The molecule has 23 heavy (non-hydrogen) atoms. The van der Waals surface area contributed by atoms with Crippen LogP contribution in [0.2, 0.25) is 0 Å². The Morgan fingerprint density at radius 3 is 2.57 bits per heavy atom. The molecule has 4 nitrogen and oxygen atoms in total. The van der Waals surface area contributed by atoms with E-state index in [1.165, 1.54) is 11.1 Å². The van der Waals surface area contributed by atoms with Crippen LogP contribution in [0.15, 0.2) is 48.5 Å². The molecule has 1 unspecified atom stereocenters. The Balaban J connectivity index is 1.56. The van der Waals surface area contributed by atoms with E-state index >= 15 is 0 Å². The summed E-state index contributed by atoms with van der Waals surface area (Å²) in [5.41, 5.74) is 10.9. The zero-order chi connectivity index (χ0) is 15.8. The van der Waals surface area contributed by atoms with E-state index in [1.807, 2.05) is 35.2 Å². The summed E-state index contributed by atoms with van der Waals surface area (Å²) in [4.78, 5) is 16.9. The maximum Gasteiger partial charge on any atom is 0.246 e. The third kappa shape index (κ3) is 2.59. The Kier molecular flexibility index (Phi) is 3.54. The number of nitrogens with zero attached hydrogens (tertiary/aromatic N) is 2. The second-order valence-corrected chi connectivity index (χ2v) is 6.40. The molecule has 2 aromatic rings. The minimum Gasteiger partial charge on any atom is -0.360 e. The molecule has 0 radical (unpaired) electrons.